The molecule has 0 N–H and O–H groups in total. The van der Waals surface area contributed by atoms with Crippen molar-refractivity contribution in [3.63, 3.8) is 0 Å². The average Bonchev–Trinajstić information content (AvgIpc) is 2.71. The fraction of sp³-hybridized carbons (Fsp3) is 0.125. The second kappa shape index (κ2) is 3.82. The lowest BCUT2D eigenvalue weighted by molar-refractivity contribution is 0.427. The van der Waals surface area contributed by atoms with Gasteiger partial charge in [0.2, 0.25) is 0 Å². The molecule has 2 aromatic heterocycles. The summed E-state index contributed by atoms with van der Waals surface area (Å²) in [4.78, 5) is 0. The van der Waals surface area contributed by atoms with E-state index in [-0.39, 0.29) is 0 Å². The molecule has 0 saturated carbocycles. The van der Waals surface area contributed by atoms with E-state index in [2.05, 4.69) is 21.1 Å². The molecule has 0 fully saturated rings. The van der Waals surface area contributed by atoms with Gasteiger partial charge in [0.05, 0.1) is 10.0 Å². The smallest absolute Gasteiger partial charge is 0.168 e. The van der Waals surface area contributed by atoms with Gasteiger partial charge in [0, 0.05) is 22.3 Å². The lowest BCUT2D eigenvalue weighted by Gasteiger charge is -1.83. The van der Waals surface area contributed by atoms with Gasteiger partial charge in [-0.3, -0.25) is 0 Å². The number of hydrogen-bond donors (Lipinski definition) is 0. The standard InChI is InChI=1S/C8H5BrClNOS/c9-3-6-2-7(12-11-6)5-1-8(10)13-4-5/h1-2,4H,3H2. The molecule has 0 aliphatic carbocycles. The summed E-state index contributed by atoms with van der Waals surface area (Å²) in [6, 6.07) is 3.76. The Labute approximate surface area is 92.6 Å². The van der Waals surface area contributed by atoms with Crippen LogP contribution in [0.5, 0.6) is 0 Å². The molecule has 5 heteroatoms. The number of nitrogens with zero attached hydrogens (tertiary/aromatic N) is 1. The summed E-state index contributed by atoms with van der Waals surface area (Å²) in [5.74, 6) is 0.762. The van der Waals surface area contributed by atoms with Gasteiger partial charge < -0.3 is 4.52 Å². The summed E-state index contributed by atoms with van der Waals surface area (Å²) in [5, 5.41) is 6.51. The van der Waals surface area contributed by atoms with Gasteiger partial charge in [0.25, 0.3) is 0 Å². The number of alkyl halides is 1. The first-order chi connectivity index (χ1) is 6.29. The third-order valence-corrected chi connectivity index (χ3v) is 3.21. The van der Waals surface area contributed by atoms with Gasteiger partial charge in [-0.1, -0.05) is 32.7 Å². The molecule has 0 aromatic carbocycles. The Morgan fingerprint density at radius 3 is 2.92 bits per heavy atom. The highest BCUT2D eigenvalue weighted by Crippen LogP contribution is 2.29. The highest BCUT2D eigenvalue weighted by atomic mass is 79.9. The number of halogens is 2. The van der Waals surface area contributed by atoms with Crippen LogP contribution in [0.3, 0.4) is 0 Å². The van der Waals surface area contributed by atoms with Crippen LogP contribution >= 0.6 is 38.9 Å². The van der Waals surface area contributed by atoms with E-state index in [1.165, 1.54) is 11.3 Å². The normalized spacial score (nSPS) is 10.6. The van der Waals surface area contributed by atoms with Crippen LogP contribution in [0, 0.1) is 0 Å². The first-order valence-electron chi connectivity index (χ1n) is 3.55. The van der Waals surface area contributed by atoms with Crippen LogP contribution in [0.2, 0.25) is 4.34 Å². The summed E-state index contributed by atoms with van der Waals surface area (Å²) in [7, 11) is 0. The van der Waals surface area contributed by atoms with Crippen molar-refractivity contribution in [1.82, 2.24) is 5.16 Å². The average molecular weight is 279 g/mol. The van der Waals surface area contributed by atoms with E-state index < -0.39 is 0 Å². The minimum Gasteiger partial charge on any atom is -0.356 e. The van der Waals surface area contributed by atoms with Crippen molar-refractivity contribution in [2.45, 2.75) is 5.33 Å². The zero-order valence-corrected chi connectivity index (χ0v) is 9.62. The quantitative estimate of drug-likeness (QED) is 0.777. The summed E-state index contributed by atoms with van der Waals surface area (Å²) >= 11 is 10.6. The third kappa shape index (κ3) is 1.95. The van der Waals surface area contributed by atoms with E-state index in [4.69, 9.17) is 16.1 Å². The highest BCUT2D eigenvalue weighted by molar-refractivity contribution is 9.08. The molecule has 0 aliphatic rings. The van der Waals surface area contributed by atoms with Crippen LogP contribution < -0.4 is 0 Å². The molecule has 2 nitrogen and oxygen atoms in total. The van der Waals surface area contributed by atoms with Crippen LogP contribution in [0.1, 0.15) is 5.69 Å². The van der Waals surface area contributed by atoms with Crippen LogP contribution in [0.25, 0.3) is 11.3 Å². The molecule has 0 amide bonds. The summed E-state index contributed by atoms with van der Waals surface area (Å²) < 4.78 is 5.88. The van der Waals surface area contributed by atoms with Crippen molar-refractivity contribution in [3.05, 3.63) is 27.5 Å². The SMILES string of the molecule is Clc1cc(-c2cc(CBr)no2)cs1. The number of hydrogen-bond acceptors (Lipinski definition) is 3. The predicted octanol–water partition coefficient (Wildman–Crippen LogP) is 3.95. The number of aromatic nitrogens is 1. The lowest BCUT2D eigenvalue weighted by atomic mass is 10.2. The van der Waals surface area contributed by atoms with E-state index in [1.54, 1.807) is 0 Å². The van der Waals surface area contributed by atoms with Crippen LogP contribution in [0.15, 0.2) is 22.0 Å². The minimum absolute atomic E-state index is 0.703. The Morgan fingerprint density at radius 1 is 1.54 bits per heavy atom. The van der Waals surface area contributed by atoms with Crippen molar-refractivity contribution < 1.29 is 4.52 Å². The maximum absolute atomic E-state index is 5.80. The van der Waals surface area contributed by atoms with Crippen molar-refractivity contribution in [3.8, 4) is 11.3 Å². The van der Waals surface area contributed by atoms with Crippen LogP contribution in [0.4, 0.5) is 0 Å². The molecule has 2 heterocycles. The molecule has 0 aliphatic heterocycles. The van der Waals surface area contributed by atoms with Crippen molar-refractivity contribution in [1.29, 1.82) is 0 Å². The predicted molar refractivity (Wildman–Crippen MR) is 57.5 cm³/mol. The number of thiophene rings is 1. The Bertz CT molecular complexity index is 412. The topological polar surface area (TPSA) is 26.0 Å². The Balaban J connectivity index is 2.35. The second-order valence-electron chi connectivity index (χ2n) is 2.46. The minimum atomic E-state index is 0.703. The Kier molecular flexibility index (Phi) is 2.71. The van der Waals surface area contributed by atoms with E-state index in [9.17, 15) is 0 Å². The maximum Gasteiger partial charge on any atom is 0.168 e. The number of rotatable bonds is 2. The van der Waals surface area contributed by atoms with E-state index in [0.717, 1.165) is 21.4 Å². The summed E-state index contributed by atoms with van der Waals surface area (Å²) in [5.41, 5.74) is 1.87. The van der Waals surface area contributed by atoms with Crippen molar-refractivity contribution in [2.75, 3.05) is 0 Å². The van der Waals surface area contributed by atoms with Gasteiger partial charge in [0.1, 0.15) is 0 Å². The molecule has 13 heavy (non-hydrogen) atoms. The van der Waals surface area contributed by atoms with Crippen molar-refractivity contribution in [2.24, 2.45) is 0 Å². The van der Waals surface area contributed by atoms with Gasteiger partial charge in [-0.25, -0.2) is 0 Å². The first kappa shape index (κ1) is 9.24. The van der Waals surface area contributed by atoms with Gasteiger partial charge in [0.15, 0.2) is 5.76 Å². The molecule has 0 saturated heterocycles. The second-order valence-corrected chi connectivity index (χ2v) is 4.56. The third-order valence-electron chi connectivity index (χ3n) is 1.55. The monoisotopic (exact) mass is 277 g/mol. The van der Waals surface area contributed by atoms with E-state index in [0.29, 0.717) is 5.33 Å². The molecule has 0 atom stereocenters. The Morgan fingerprint density at radius 2 is 2.38 bits per heavy atom. The molecule has 2 aromatic rings. The zero-order chi connectivity index (χ0) is 9.26. The molecule has 0 spiro atoms. The summed E-state index contributed by atoms with van der Waals surface area (Å²) in [6.07, 6.45) is 0. The van der Waals surface area contributed by atoms with E-state index >= 15 is 0 Å². The maximum atomic E-state index is 5.80. The molecule has 68 valence electrons. The molecule has 2 rings (SSSR count). The highest BCUT2D eigenvalue weighted by Gasteiger charge is 2.07. The molecule has 0 bridgehead atoms. The van der Waals surface area contributed by atoms with Crippen molar-refractivity contribution >= 4 is 38.9 Å². The fourth-order valence-corrected chi connectivity index (χ4v) is 2.08. The lowest BCUT2D eigenvalue weighted by Crippen LogP contribution is -1.70. The van der Waals surface area contributed by atoms with Gasteiger partial charge in [-0.2, -0.15) is 0 Å². The summed E-state index contributed by atoms with van der Waals surface area (Å²) in [6.45, 7) is 0. The largest absolute Gasteiger partial charge is 0.356 e. The van der Waals surface area contributed by atoms with Crippen LogP contribution in [-0.4, -0.2) is 5.16 Å². The molecule has 0 radical (unpaired) electrons. The first-order valence-corrected chi connectivity index (χ1v) is 5.93. The zero-order valence-electron chi connectivity index (χ0n) is 6.46. The van der Waals surface area contributed by atoms with E-state index in [1.807, 2.05) is 17.5 Å². The molecular weight excluding hydrogens is 274 g/mol. The molecular formula is C8H5BrClNOS. The van der Waals surface area contributed by atoms with Gasteiger partial charge >= 0.3 is 0 Å². The van der Waals surface area contributed by atoms with Crippen LogP contribution in [-0.2, 0) is 5.33 Å². The van der Waals surface area contributed by atoms with Gasteiger partial charge in [-0.05, 0) is 6.07 Å². The Hall–Kier alpha value is -0.320. The molecule has 0 unspecified atom stereocenters. The van der Waals surface area contributed by atoms with Gasteiger partial charge in [-0.15, -0.1) is 11.3 Å². The fourth-order valence-electron chi connectivity index (χ4n) is 0.950.